The Morgan fingerprint density at radius 2 is 1.00 bits per heavy atom. The van der Waals surface area contributed by atoms with Crippen LogP contribution in [0.5, 0.6) is 0 Å². The van der Waals surface area contributed by atoms with Gasteiger partial charge in [-0.25, -0.2) is 0 Å². The summed E-state index contributed by atoms with van der Waals surface area (Å²) in [6.07, 6.45) is 0. The van der Waals surface area contributed by atoms with Gasteiger partial charge in [-0.05, 0) is 0 Å². The van der Waals surface area contributed by atoms with Gasteiger partial charge < -0.3 is 15.1 Å². The molecule has 0 amide bonds. The summed E-state index contributed by atoms with van der Waals surface area (Å²) in [7, 11) is -2.92. The molecule has 1 radical (unpaired) electrons. The van der Waals surface area contributed by atoms with Crippen molar-refractivity contribution in [3.8, 4) is 0 Å². The van der Waals surface area contributed by atoms with Crippen molar-refractivity contribution < 1.29 is 56.8 Å². The fraction of sp³-hybridized carbons (Fsp3) is 0. The van der Waals surface area contributed by atoms with Crippen molar-refractivity contribution in [2.24, 2.45) is 0 Å². The van der Waals surface area contributed by atoms with Gasteiger partial charge in [-0.2, -0.15) is 0 Å². The molecule has 25 valence electrons. The van der Waals surface area contributed by atoms with E-state index >= 15 is 0 Å². The molecule has 0 rings (SSSR count). The Kier molecular flexibility index (Phi) is 25.4. The van der Waals surface area contributed by atoms with E-state index in [1.807, 2.05) is 0 Å². The third-order valence-corrected chi connectivity index (χ3v) is 0. The second-order valence-electron chi connectivity index (χ2n) is 0.289. The third-order valence-electron chi connectivity index (χ3n) is 0. The summed E-state index contributed by atoms with van der Waals surface area (Å²) >= 11 is 0. The van der Waals surface area contributed by atoms with E-state index in [4.69, 9.17) is 15.1 Å². The van der Waals surface area contributed by atoms with Crippen LogP contribution in [0, 0.1) is 41.7 Å². The molecule has 0 aromatic rings. The van der Waals surface area contributed by atoms with Crippen LogP contribution in [0.4, 0.5) is 0 Å². The number of hydrogen-bond donors (Lipinski definition) is 0. The normalized spacial score (nSPS) is 4.50. The molecule has 0 heterocycles. The van der Waals surface area contributed by atoms with Crippen molar-refractivity contribution in [3.05, 3.63) is 0 Å². The third kappa shape index (κ3) is 48.2. The molecular weight excluding hydrogens is 227 g/mol. The van der Waals surface area contributed by atoms with E-state index in [9.17, 15) is 0 Å². The summed E-state index contributed by atoms with van der Waals surface area (Å²) in [5.74, 6) is 0. The molecule has 0 aromatic carbocycles. The van der Waals surface area contributed by atoms with E-state index in [1.54, 1.807) is 0 Å². The Balaban J connectivity index is -0.0000000450. The van der Waals surface area contributed by atoms with Gasteiger partial charge >= 0.3 is 52.7 Å². The predicted octanol–water partition coefficient (Wildman–Crippen LogP) is -4.33. The molecule has 6 heteroatoms. The summed E-state index contributed by atoms with van der Waals surface area (Å²) in [6.45, 7) is 0. The monoisotopic (exact) mass is 227 g/mol. The smallest absolute Gasteiger partial charge is 0.907 e. The Hall–Kier alpha value is 1.54. The first kappa shape index (κ1) is 15.6. The van der Waals surface area contributed by atoms with E-state index in [0.717, 1.165) is 0 Å². The van der Waals surface area contributed by atoms with Gasteiger partial charge in [0, 0.05) is 0 Å². The molecule has 0 bridgehead atoms. The van der Waals surface area contributed by atoms with Gasteiger partial charge in [0.15, 0.2) is 0 Å². The van der Waals surface area contributed by atoms with Crippen LogP contribution in [0.2, 0.25) is 0 Å². The summed E-state index contributed by atoms with van der Waals surface area (Å²) in [5.41, 5.74) is 0. The van der Waals surface area contributed by atoms with Crippen molar-refractivity contribution >= 4 is 18.3 Å². The minimum absolute atomic E-state index is 0. The minimum atomic E-state index is -2.92. The zero-order chi connectivity index (χ0) is 3.58. The first-order valence-electron chi connectivity index (χ1n) is 0.707. The average molecular weight is 227 g/mol. The van der Waals surface area contributed by atoms with Gasteiger partial charge in [-0.1, -0.05) is 0 Å². The minimum Gasteiger partial charge on any atom is -0.907 e. The van der Waals surface area contributed by atoms with Crippen molar-refractivity contribution in [3.63, 3.8) is 0 Å². The molecule has 0 saturated carbocycles. The van der Waals surface area contributed by atoms with E-state index in [0.29, 0.717) is 0 Å². The molecular formula is BCeO3Si+4. The Bertz CT molecular complexity index is 15.5. The molecule has 0 atom stereocenters. The first-order valence-corrected chi connectivity index (χ1v) is 0.707. The quantitative estimate of drug-likeness (QED) is 0.393. The molecule has 0 aliphatic rings. The van der Waals surface area contributed by atoms with Crippen LogP contribution in [0.25, 0.3) is 0 Å². The fourth-order valence-corrected chi connectivity index (χ4v) is 0. The van der Waals surface area contributed by atoms with Crippen LogP contribution in [-0.2, 0) is 0 Å². The molecule has 0 fully saturated rings. The van der Waals surface area contributed by atoms with Gasteiger partial charge in [0.2, 0.25) is 0 Å². The van der Waals surface area contributed by atoms with Crippen LogP contribution in [0.1, 0.15) is 0 Å². The van der Waals surface area contributed by atoms with Crippen LogP contribution >= 0.6 is 0 Å². The van der Waals surface area contributed by atoms with E-state index in [-0.39, 0.29) is 52.7 Å². The maximum absolute atomic E-state index is 8.42. The summed E-state index contributed by atoms with van der Waals surface area (Å²) < 4.78 is 0. The Morgan fingerprint density at radius 1 is 1.00 bits per heavy atom. The molecule has 0 aliphatic carbocycles. The van der Waals surface area contributed by atoms with Crippen molar-refractivity contribution in [1.29, 1.82) is 0 Å². The van der Waals surface area contributed by atoms with E-state index < -0.39 is 7.32 Å². The molecule has 6 heavy (non-hydrogen) atoms. The van der Waals surface area contributed by atoms with E-state index in [2.05, 4.69) is 0 Å². The molecule has 0 aromatic heterocycles. The summed E-state index contributed by atoms with van der Waals surface area (Å²) in [4.78, 5) is 0. The van der Waals surface area contributed by atoms with E-state index in [1.165, 1.54) is 0 Å². The van der Waals surface area contributed by atoms with Gasteiger partial charge in [-0.3, -0.25) is 7.32 Å². The van der Waals surface area contributed by atoms with Crippen molar-refractivity contribution in [1.82, 2.24) is 0 Å². The average Bonchev–Trinajstić information content (AvgIpc) is 0.811. The summed E-state index contributed by atoms with van der Waals surface area (Å²) in [5, 5.41) is 25.2. The van der Waals surface area contributed by atoms with Crippen molar-refractivity contribution in [2.45, 2.75) is 0 Å². The fourth-order valence-electron chi connectivity index (χ4n) is 0. The largest absolute Gasteiger partial charge is 4.00 e. The van der Waals surface area contributed by atoms with Gasteiger partial charge in [0.1, 0.15) is 0 Å². The first-order chi connectivity index (χ1) is 1.73. The topological polar surface area (TPSA) is 69.2 Å². The maximum atomic E-state index is 8.42. The van der Waals surface area contributed by atoms with Crippen LogP contribution in [0.15, 0.2) is 0 Å². The number of hydrogen-bond acceptors (Lipinski definition) is 3. The van der Waals surface area contributed by atoms with Crippen LogP contribution in [-0.4, -0.2) is 18.3 Å². The molecule has 0 saturated heterocycles. The Labute approximate surface area is 74.3 Å². The molecule has 3 nitrogen and oxygen atoms in total. The SMILES string of the molecule is [Ce+3].[O-]B([O-])[O-].[Si+4]. The van der Waals surface area contributed by atoms with Crippen molar-refractivity contribution in [2.75, 3.05) is 0 Å². The van der Waals surface area contributed by atoms with Gasteiger partial charge in [0.05, 0.1) is 0 Å². The zero-order valence-electron chi connectivity index (χ0n) is 2.80. The second-order valence-corrected chi connectivity index (χ2v) is 0.289. The predicted molar refractivity (Wildman–Crippen MR) is 11.5 cm³/mol. The standard InChI is InChI=1S/BO3.Ce.Si/c2-1(3)4;;/q-3;+3;+4. The van der Waals surface area contributed by atoms with Gasteiger partial charge in [0.25, 0.3) is 0 Å². The zero-order valence-corrected chi connectivity index (χ0v) is 6.94. The summed E-state index contributed by atoms with van der Waals surface area (Å²) in [6, 6.07) is 0. The molecule has 0 aliphatic heterocycles. The Morgan fingerprint density at radius 3 is 1.00 bits per heavy atom. The molecule has 0 spiro atoms. The molecule has 0 unspecified atom stereocenters. The van der Waals surface area contributed by atoms with Crippen LogP contribution < -0.4 is 15.1 Å². The number of rotatable bonds is 0. The molecule has 0 N–H and O–H groups in total. The van der Waals surface area contributed by atoms with Crippen LogP contribution in [0.3, 0.4) is 0 Å². The second kappa shape index (κ2) is 9.74. The van der Waals surface area contributed by atoms with Gasteiger partial charge in [-0.15, -0.1) is 0 Å². The maximum Gasteiger partial charge on any atom is 4.00 e.